The molecular formula is C22H18Cl3N3O3S. The first-order valence-corrected chi connectivity index (χ1v) is 11.9. The number of sulfonamides is 1. The van der Waals surface area contributed by atoms with Gasteiger partial charge in [-0.1, -0.05) is 58.6 Å². The molecule has 3 aromatic rings. The van der Waals surface area contributed by atoms with Crippen LogP contribution in [0.2, 0.25) is 15.1 Å². The Labute approximate surface area is 201 Å². The molecule has 32 heavy (non-hydrogen) atoms. The lowest BCUT2D eigenvalue weighted by atomic mass is 10.2. The van der Waals surface area contributed by atoms with E-state index in [9.17, 15) is 13.2 Å². The number of nitrogens with zero attached hydrogens (tertiary/aromatic N) is 2. The normalized spacial score (nSPS) is 11.5. The smallest absolute Gasteiger partial charge is 0.264 e. The Morgan fingerprint density at radius 2 is 1.59 bits per heavy atom. The highest BCUT2D eigenvalue weighted by Gasteiger charge is 2.27. The van der Waals surface area contributed by atoms with E-state index in [0.29, 0.717) is 20.6 Å². The van der Waals surface area contributed by atoms with Gasteiger partial charge in [0.05, 0.1) is 21.8 Å². The Balaban J connectivity index is 1.83. The van der Waals surface area contributed by atoms with Crippen LogP contribution in [0.3, 0.4) is 0 Å². The summed E-state index contributed by atoms with van der Waals surface area (Å²) in [4.78, 5) is 12.6. The van der Waals surface area contributed by atoms with Crippen molar-refractivity contribution in [2.24, 2.45) is 5.10 Å². The molecule has 0 aliphatic heterocycles. The molecule has 3 rings (SSSR count). The topological polar surface area (TPSA) is 78.8 Å². The molecular weight excluding hydrogens is 493 g/mol. The molecule has 0 spiro atoms. The van der Waals surface area contributed by atoms with E-state index >= 15 is 0 Å². The minimum Gasteiger partial charge on any atom is -0.271 e. The second kappa shape index (κ2) is 10.4. The van der Waals surface area contributed by atoms with Gasteiger partial charge in [-0.2, -0.15) is 5.10 Å². The van der Waals surface area contributed by atoms with Crippen LogP contribution in [0.15, 0.2) is 76.7 Å². The summed E-state index contributed by atoms with van der Waals surface area (Å²) in [5.41, 5.74) is 4.06. The molecule has 0 bridgehead atoms. The van der Waals surface area contributed by atoms with Gasteiger partial charge in [-0.25, -0.2) is 13.8 Å². The lowest BCUT2D eigenvalue weighted by molar-refractivity contribution is -0.119. The maximum absolute atomic E-state index is 13.3. The summed E-state index contributed by atoms with van der Waals surface area (Å²) in [5.74, 6) is -0.642. The fourth-order valence-corrected chi connectivity index (χ4v) is 4.71. The summed E-state index contributed by atoms with van der Waals surface area (Å²) in [7, 11) is -4.03. The average Bonchev–Trinajstić information content (AvgIpc) is 2.74. The molecule has 0 aliphatic rings. The second-order valence-electron chi connectivity index (χ2n) is 6.76. The molecule has 3 aromatic carbocycles. The molecule has 0 saturated heterocycles. The van der Waals surface area contributed by atoms with E-state index in [1.807, 2.05) is 6.92 Å². The van der Waals surface area contributed by atoms with Gasteiger partial charge in [-0.15, -0.1) is 0 Å². The molecule has 10 heteroatoms. The molecule has 0 heterocycles. The van der Waals surface area contributed by atoms with Crippen molar-refractivity contribution in [3.63, 3.8) is 0 Å². The minimum absolute atomic E-state index is 0.0577. The molecule has 166 valence electrons. The number of hydrazone groups is 1. The van der Waals surface area contributed by atoms with Crippen LogP contribution in [0.25, 0.3) is 0 Å². The van der Waals surface area contributed by atoms with Crippen molar-refractivity contribution in [3.05, 3.63) is 92.9 Å². The highest BCUT2D eigenvalue weighted by molar-refractivity contribution is 7.92. The van der Waals surface area contributed by atoms with Crippen molar-refractivity contribution < 1.29 is 13.2 Å². The molecule has 1 N–H and O–H groups in total. The van der Waals surface area contributed by atoms with E-state index in [4.69, 9.17) is 34.8 Å². The van der Waals surface area contributed by atoms with Gasteiger partial charge in [0, 0.05) is 15.6 Å². The van der Waals surface area contributed by atoms with Gasteiger partial charge in [0.1, 0.15) is 6.54 Å². The predicted molar refractivity (Wildman–Crippen MR) is 129 cm³/mol. The predicted octanol–water partition coefficient (Wildman–Crippen LogP) is 5.30. The fraction of sp³-hybridized carbons (Fsp3) is 0.0909. The number of carbonyl (C=O) groups is 1. The average molecular weight is 511 g/mol. The Kier molecular flexibility index (Phi) is 7.79. The molecule has 0 aliphatic carbocycles. The monoisotopic (exact) mass is 509 g/mol. The van der Waals surface area contributed by atoms with E-state index in [1.165, 1.54) is 30.5 Å². The Morgan fingerprint density at radius 1 is 0.969 bits per heavy atom. The number of hydrogen-bond acceptors (Lipinski definition) is 4. The van der Waals surface area contributed by atoms with Crippen molar-refractivity contribution >= 4 is 62.6 Å². The van der Waals surface area contributed by atoms with E-state index in [0.717, 1.165) is 9.87 Å². The van der Waals surface area contributed by atoms with Crippen LogP contribution >= 0.6 is 34.8 Å². The fourth-order valence-electron chi connectivity index (χ4n) is 2.71. The van der Waals surface area contributed by atoms with Gasteiger partial charge >= 0.3 is 0 Å². The van der Waals surface area contributed by atoms with Crippen LogP contribution in [0.4, 0.5) is 5.69 Å². The molecule has 0 atom stereocenters. The summed E-state index contributed by atoms with van der Waals surface area (Å²) in [6.45, 7) is 1.36. The van der Waals surface area contributed by atoms with E-state index in [2.05, 4.69) is 10.5 Å². The summed E-state index contributed by atoms with van der Waals surface area (Å²) in [6, 6.07) is 17.3. The standard InChI is InChI=1S/C22H18Cl3N3O3S/c1-15-2-10-20(11-3-15)32(30,31)28(19-8-6-17(23)7-9-19)14-22(29)27-26-13-16-4-5-18(24)12-21(16)25/h2-13H,14H2,1H3,(H,27,29)/b26-13-. The van der Waals surface area contributed by atoms with Crippen LogP contribution in [-0.2, 0) is 14.8 Å². The van der Waals surface area contributed by atoms with Crippen molar-refractivity contribution in [2.45, 2.75) is 11.8 Å². The minimum atomic E-state index is -4.03. The first-order chi connectivity index (χ1) is 15.2. The lowest BCUT2D eigenvalue weighted by Gasteiger charge is -2.23. The summed E-state index contributed by atoms with van der Waals surface area (Å²) >= 11 is 17.9. The Hall–Kier alpha value is -2.58. The van der Waals surface area contributed by atoms with Crippen LogP contribution in [-0.4, -0.2) is 27.1 Å². The first-order valence-electron chi connectivity index (χ1n) is 9.29. The highest BCUT2D eigenvalue weighted by Crippen LogP contribution is 2.25. The van der Waals surface area contributed by atoms with Gasteiger partial charge < -0.3 is 0 Å². The van der Waals surface area contributed by atoms with Crippen molar-refractivity contribution in [1.29, 1.82) is 0 Å². The number of amides is 1. The number of anilines is 1. The molecule has 1 amide bonds. The number of benzene rings is 3. The van der Waals surface area contributed by atoms with Crippen LogP contribution in [0.1, 0.15) is 11.1 Å². The number of hydrogen-bond donors (Lipinski definition) is 1. The first kappa shape index (κ1) is 24.1. The number of nitrogens with one attached hydrogen (secondary N) is 1. The summed E-state index contributed by atoms with van der Waals surface area (Å²) in [5, 5.41) is 5.13. The third-order valence-corrected chi connectivity index (χ3v) is 6.97. The molecule has 0 fully saturated rings. The number of halogens is 3. The van der Waals surface area contributed by atoms with Gasteiger partial charge in [-0.3, -0.25) is 9.10 Å². The SMILES string of the molecule is Cc1ccc(S(=O)(=O)N(CC(=O)N/N=C\c2ccc(Cl)cc2Cl)c2ccc(Cl)cc2)cc1. The number of rotatable bonds is 7. The van der Waals surface area contributed by atoms with Gasteiger partial charge in [0.25, 0.3) is 15.9 Å². The van der Waals surface area contributed by atoms with E-state index in [-0.39, 0.29) is 10.6 Å². The molecule has 6 nitrogen and oxygen atoms in total. The van der Waals surface area contributed by atoms with Gasteiger partial charge in [0.15, 0.2) is 0 Å². The van der Waals surface area contributed by atoms with Crippen molar-refractivity contribution in [1.82, 2.24) is 5.43 Å². The number of carbonyl (C=O) groups excluding carboxylic acids is 1. The van der Waals surface area contributed by atoms with Crippen LogP contribution in [0, 0.1) is 6.92 Å². The van der Waals surface area contributed by atoms with E-state index < -0.39 is 22.5 Å². The zero-order valence-corrected chi connectivity index (χ0v) is 19.9. The van der Waals surface area contributed by atoms with E-state index in [1.54, 1.807) is 42.5 Å². The summed E-state index contributed by atoms with van der Waals surface area (Å²) in [6.07, 6.45) is 1.34. The third-order valence-electron chi connectivity index (χ3n) is 4.37. The van der Waals surface area contributed by atoms with Crippen LogP contribution in [0.5, 0.6) is 0 Å². The maximum atomic E-state index is 13.3. The lowest BCUT2D eigenvalue weighted by Crippen LogP contribution is -2.39. The number of aryl methyl sites for hydroxylation is 1. The Bertz CT molecular complexity index is 1250. The molecule has 0 saturated carbocycles. The molecule has 0 unspecified atom stereocenters. The van der Waals surface area contributed by atoms with Gasteiger partial charge in [-0.05, 0) is 55.5 Å². The quantitative estimate of drug-likeness (QED) is 0.346. The Morgan fingerprint density at radius 3 is 2.22 bits per heavy atom. The maximum Gasteiger partial charge on any atom is 0.264 e. The van der Waals surface area contributed by atoms with Crippen molar-refractivity contribution in [3.8, 4) is 0 Å². The second-order valence-corrected chi connectivity index (χ2v) is 9.90. The zero-order chi connectivity index (χ0) is 23.3. The van der Waals surface area contributed by atoms with Gasteiger partial charge in [0.2, 0.25) is 0 Å². The largest absolute Gasteiger partial charge is 0.271 e. The molecule has 0 aromatic heterocycles. The zero-order valence-electron chi connectivity index (χ0n) is 16.8. The van der Waals surface area contributed by atoms with Crippen molar-refractivity contribution in [2.75, 3.05) is 10.8 Å². The summed E-state index contributed by atoms with van der Waals surface area (Å²) < 4.78 is 27.6. The molecule has 0 radical (unpaired) electrons. The van der Waals surface area contributed by atoms with Crippen LogP contribution < -0.4 is 9.73 Å². The third kappa shape index (κ3) is 6.01. The highest BCUT2D eigenvalue weighted by atomic mass is 35.5.